The molecule has 3 heterocycles. The summed E-state index contributed by atoms with van der Waals surface area (Å²) in [5, 5.41) is 2.99. The summed E-state index contributed by atoms with van der Waals surface area (Å²) in [7, 11) is 0. The molecule has 1 saturated heterocycles. The Morgan fingerprint density at radius 1 is 1.32 bits per heavy atom. The Balaban J connectivity index is 1.70. The fourth-order valence-corrected chi connectivity index (χ4v) is 2.92. The minimum absolute atomic E-state index is 0.0111. The molecule has 1 aliphatic heterocycles. The van der Waals surface area contributed by atoms with Crippen LogP contribution in [0, 0.1) is 12.8 Å². The van der Waals surface area contributed by atoms with E-state index >= 15 is 0 Å². The Hall–Kier alpha value is -2.37. The second-order valence-electron chi connectivity index (χ2n) is 5.80. The average Bonchev–Trinajstić information content (AvgIpc) is 2.88. The first kappa shape index (κ1) is 14.6. The summed E-state index contributed by atoms with van der Waals surface area (Å²) in [5.41, 5.74) is 2.40. The van der Waals surface area contributed by atoms with E-state index in [1.54, 1.807) is 11.8 Å². The van der Waals surface area contributed by atoms with Crippen LogP contribution >= 0.6 is 0 Å². The summed E-state index contributed by atoms with van der Waals surface area (Å²) in [4.78, 5) is 30.0. The molecule has 1 fully saturated rings. The van der Waals surface area contributed by atoms with E-state index in [9.17, 15) is 9.59 Å². The quantitative estimate of drug-likeness (QED) is 0.920. The van der Waals surface area contributed by atoms with Gasteiger partial charge in [-0.2, -0.15) is 0 Å². The molecule has 0 aromatic carbocycles. The lowest BCUT2D eigenvalue weighted by Crippen LogP contribution is -2.40. The Morgan fingerprint density at radius 3 is 2.73 bits per heavy atom. The van der Waals surface area contributed by atoms with Gasteiger partial charge in [0.2, 0.25) is 11.8 Å². The Morgan fingerprint density at radius 2 is 2.05 bits per heavy atom. The van der Waals surface area contributed by atoms with Crippen molar-refractivity contribution in [3.63, 3.8) is 0 Å². The first-order valence-corrected chi connectivity index (χ1v) is 7.55. The van der Waals surface area contributed by atoms with E-state index in [1.165, 1.54) is 0 Å². The second kappa shape index (κ2) is 5.79. The predicted molar refractivity (Wildman–Crippen MR) is 83.5 cm³/mol. The number of likely N-dealkylation sites (tertiary alicyclic amines) is 1. The molecule has 6 heteroatoms. The van der Waals surface area contributed by atoms with Crippen LogP contribution in [0.25, 0.3) is 5.65 Å². The third kappa shape index (κ3) is 2.81. The molecule has 0 spiro atoms. The summed E-state index contributed by atoms with van der Waals surface area (Å²) < 4.78 is 1.91. The predicted octanol–water partition coefficient (Wildman–Crippen LogP) is 1.84. The van der Waals surface area contributed by atoms with Crippen LogP contribution in [0.1, 0.15) is 25.5 Å². The largest absolute Gasteiger partial charge is 0.343 e. The minimum Gasteiger partial charge on any atom is -0.343 e. The summed E-state index contributed by atoms with van der Waals surface area (Å²) in [6, 6.07) is 3.76. The van der Waals surface area contributed by atoms with Gasteiger partial charge in [-0.15, -0.1) is 0 Å². The number of hydrogen-bond acceptors (Lipinski definition) is 3. The maximum Gasteiger partial charge on any atom is 0.227 e. The lowest BCUT2D eigenvalue weighted by Gasteiger charge is -2.30. The summed E-state index contributed by atoms with van der Waals surface area (Å²) >= 11 is 0. The van der Waals surface area contributed by atoms with E-state index in [0.717, 1.165) is 17.0 Å². The fourth-order valence-electron chi connectivity index (χ4n) is 2.92. The van der Waals surface area contributed by atoms with Gasteiger partial charge in [-0.05, 0) is 31.9 Å². The number of nitrogens with zero attached hydrogens (tertiary/aromatic N) is 3. The standard InChI is InChI=1S/C16H20N4O2/c1-11-10-20-7-3-4-14(15(20)17-11)18-16(22)13-5-8-19(9-6-13)12(2)21/h3-4,7,10,13H,5-6,8-9H2,1-2H3,(H,18,22). The van der Waals surface area contributed by atoms with Gasteiger partial charge in [0, 0.05) is 38.3 Å². The molecule has 2 aromatic rings. The zero-order valence-electron chi connectivity index (χ0n) is 12.9. The van der Waals surface area contributed by atoms with Crippen LogP contribution in [0.4, 0.5) is 5.69 Å². The van der Waals surface area contributed by atoms with Crippen molar-refractivity contribution in [2.75, 3.05) is 18.4 Å². The number of amides is 2. The molecule has 1 N–H and O–H groups in total. The van der Waals surface area contributed by atoms with Crippen LogP contribution < -0.4 is 5.32 Å². The molecule has 0 atom stereocenters. The summed E-state index contributed by atoms with van der Waals surface area (Å²) in [6.07, 6.45) is 5.26. The van der Waals surface area contributed by atoms with E-state index in [4.69, 9.17) is 0 Å². The number of piperidine rings is 1. The number of carbonyl (C=O) groups excluding carboxylic acids is 2. The number of anilines is 1. The lowest BCUT2D eigenvalue weighted by atomic mass is 9.96. The maximum atomic E-state index is 12.4. The third-order valence-electron chi connectivity index (χ3n) is 4.17. The number of imidazole rings is 1. The number of aryl methyl sites for hydroxylation is 1. The van der Waals surface area contributed by atoms with Crippen LogP contribution in [0.5, 0.6) is 0 Å². The van der Waals surface area contributed by atoms with Gasteiger partial charge in [-0.3, -0.25) is 9.59 Å². The molecule has 1 aliphatic rings. The molecule has 0 saturated carbocycles. The van der Waals surface area contributed by atoms with Crippen molar-refractivity contribution in [2.24, 2.45) is 5.92 Å². The first-order chi connectivity index (χ1) is 10.5. The smallest absolute Gasteiger partial charge is 0.227 e. The van der Waals surface area contributed by atoms with Crippen LogP contribution in [0.3, 0.4) is 0 Å². The Bertz CT molecular complexity index is 714. The van der Waals surface area contributed by atoms with E-state index in [-0.39, 0.29) is 17.7 Å². The summed E-state index contributed by atoms with van der Waals surface area (Å²) in [6.45, 7) is 4.80. The van der Waals surface area contributed by atoms with Crippen molar-refractivity contribution in [3.8, 4) is 0 Å². The molecule has 22 heavy (non-hydrogen) atoms. The van der Waals surface area contributed by atoms with Gasteiger partial charge in [0.25, 0.3) is 0 Å². The number of pyridine rings is 1. The molecule has 2 aromatic heterocycles. The highest BCUT2D eigenvalue weighted by Crippen LogP contribution is 2.21. The Labute approximate surface area is 129 Å². The molecule has 0 radical (unpaired) electrons. The topological polar surface area (TPSA) is 66.7 Å². The lowest BCUT2D eigenvalue weighted by molar-refractivity contribution is -0.132. The highest BCUT2D eigenvalue weighted by molar-refractivity contribution is 5.96. The van der Waals surface area contributed by atoms with E-state index in [2.05, 4.69) is 10.3 Å². The van der Waals surface area contributed by atoms with Crippen LogP contribution in [-0.2, 0) is 9.59 Å². The van der Waals surface area contributed by atoms with Gasteiger partial charge in [0.05, 0.1) is 11.4 Å². The second-order valence-corrected chi connectivity index (χ2v) is 5.80. The van der Waals surface area contributed by atoms with Gasteiger partial charge in [0.1, 0.15) is 0 Å². The van der Waals surface area contributed by atoms with Crippen LogP contribution in [0.2, 0.25) is 0 Å². The van der Waals surface area contributed by atoms with Gasteiger partial charge in [-0.25, -0.2) is 4.98 Å². The first-order valence-electron chi connectivity index (χ1n) is 7.55. The third-order valence-corrected chi connectivity index (χ3v) is 4.17. The number of nitrogens with one attached hydrogen (secondary N) is 1. The number of fused-ring (bicyclic) bond motifs is 1. The molecule has 6 nitrogen and oxygen atoms in total. The van der Waals surface area contributed by atoms with Gasteiger partial charge in [0.15, 0.2) is 5.65 Å². The molecular weight excluding hydrogens is 280 g/mol. The van der Waals surface area contributed by atoms with Crippen LogP contribution in [-0.4, -0.2) is 39.2 Å². The molecule has 0 unspecified atom stereocenters. The molecule has 116 valence electrons. The number of aromatic nitrogens is 2. The van der Waals surface area contributed by atoms with Crippen molar-refractivity contribution in [1.29, 1.82) is 0 Å². The maximum absolute atomic E-state index is 12.4. The number of hydrogen-bond donors (Lipinski definition) is 1. The highest BCUT2D eigenvalue weighted by Gasteiger charge is 2.26. The van der Waals surface area contributed by atoms with Gasteiger partial charge in [-0.1, -0.05) is 0 Å². The van der Waals surface area contributed by atoms with E-state index in [1.807, 2.05) is 35.9 Å². The molecule has 3 rings (SSSR count). The van der Waals surface area contributed by atoms with Crippen molar-refractivity contribution < 1.29 is 9.59 Å². The normalized spacial score (nSPS) is 16.0. The highest BCUT2D eigenvalue weighted by atomic mass is 16.2. The minimum atomic E-state index is -0.0492. The van der Waals surface area contributed by atoms with E-state index < -0.39 is 0 Å². The zero-order chi connectivity index (χ0) is 15.7. The van der Waals surface area contributed by atoms with Gasteiger partial charge >= 0.3 is 0 Å². The monoisotopic (exact) mass is 300 g/mol. The van der Waals surface area contributed by atoms with Crippen molar-refractivity contribution in [1.82, 2.24) is 14.3 Å². The summed E-state index contributed by atoms with van der Waals surface area (Å²) in [5.74, 6) is 0.0420. The van der Waals surface area contributed by atoms with Crippen molar-refractivity contribution in [2.45, 2.75) is 26.7 Å². The SMILES string of the molecule is CC(=O)N1CCC(C(=O)Nc2cccn3cc(C)nc23)CC1. The van der Waals surface area contributed by atoms with Crippen molar-refractivity contribution >= 4 is 23.1 Å². The molecule has 0 bridgehead atoms. The number of carbonyl (C=O) groups is 2. The van der Waals surface area contributed by atoms with Gasteiger partial charge < -0.3 is 14.6 Å². The fraction of sp³-hybridized carbons (Fsp3) is 0.438. The van der Waals surface area contributed by atoms with E-state index in [0.29, 0.717) is 25.9 Å². The molecule has 2 amide bonds. The van der Waals surface area contributed by atoms with Crippen molar-refractivity contribution in [3.05, 3.63) is 30.2 Å². The molecular formula is C16H20N4O2. The zero-order valence-corrected chi connectivity index (χ0v) is 12.9. The number of rotatable bonds is 2. The average molecular weight is 300 g/mol. The van der Waals surface area contributed by atoms with Crippen LogP contribution in [0.15, 0.2) is 24.5 Å². The Kier molecular flexibility index (Phi) is 3.83. The molecule has 0 aliphatic carbocycles.